The predicted octanol–water partition coefficient (Wildman–Crippen LogP) is 11.0. The van der Waals surface area contributed by atoms with E-state index in [4.69, 9.17) is 0 Å². The molecule has 0 spiro atoms. The summed E-state index contributed by atoms with van der Waals surface area (Å²) in [5, 5.41) is 0. The number of hydrogen-bond donors (Lipinski definition) is 0. The summed E-state index contributed by atoms with van der Waals surface area (Å²) >= 11 is 0. The van der Waals surface area contributed by atoms with Crippen LogP contribution in [0.15, 0.2) is 36.9 Å². The molecule has 0 radical (unpaired) electrons. The highest BCUT2D eigenvalue weighted by molar-refractivity contribution is 5.45. The van der Waals surface area contributed by atoms with Crippen molar-refractivity contribution >= 4 is 0 Å². The zero-order valence-electron chi connectivity index (χ0n) is 24.3. The standard InChI is InChI=1S/C22H36.C6H10.2C2H6/c1-14(2)21-19(18-11-15(3)12-18)10-9-16(4)20(21)13-17(5)22(6,7)8;1-4-5-6(2)3;2*1-2/h9-10,14-15,17-18H,11-13H2,1-8H3;4H,1-2,5H2,3H3;2*1-2H3/t15?,17-,18?;;;/m0.../s1. The first-order chi connectivity index (χ1) is 14.9. The minimum absolute atomic E-state index is 0.377. The predicted molar refractivity (Wildman–Crippen MR) is 151 cm³/mol. The van der Waals surface area contributed by atoms with Crippen molar-refractivity contribution in [3.8, 4) is 0 Å². The number of hydrogen-bond acceptors (Lipinski definition) is 0. The van der Waals surface area contributed by atoms with E-state index < -0.39 is 0 Å². The fourth-order valence-corrected chi connectivity index (χ4v) is 4.12. The first-order valence-corrected chi connectivity index (χ1v) is 13.3. The van der Waals surface area contributed by atoms with E-state index in [0.717, 1.165) is 18.3 Å². The second-order valence-electron chi connectivity index (χ2n) is 10.7. The van der Waals surface area contributed by atoms with E-state index in [9.17, 15) is 0 Å². The molecule has 0 aliphatic heterocycles. The van der Waals surface area contributed by atoms with Gasteiger partial charge in [0.2, 0.25) is 0 Å². The molecule has 32 heavy (non-hydrogen) atoms. The molecule has 1 fully saturated rings. The average molecular weight is 443 g/mol. The Morgan fingerprint density at radius 2 is 1.56 bits per heavy atom. The molecular formula is C32H58. The molecule has 1 aromatic rings. The Bertz CT molecular complexity index is 647. The SMILES string of the molecule is C=CCC(=C)C.CC.CC.Cc1ccc(C2CC(C)C2)c(C(C)C)c1C[C@H](C)C(C)(C)C. The molecule has 1 saturated carbocycles. The fourth-order valence-electron chi connectivity index (χ4n) is 4.12. The van der Waals surface area contributed by atoms with Gasteiger partial charge in [-0.05, 0) is 90.9 Å². The molecule has 0 heterocycles. The third kappa shape index (κ3) is 11.0. The van der Waals surface area contributed by atoms with Crippen LogP contribution in [0.25, 0.3) is 0 Å². The van der Waals surface area contributed by atoms with Crippen LogP contribution >= 0.6 is 0 Å². The lowest BCUT2D eigenvalue weighted by atomic mass is 9.68. The molecule has 1 aliphatic carbocycles. The van der Waals surface area contributed by atoms with Crippen molar-refractivity contribution in [1.29, 1.82) is 0 Å². The van der Waals surface area contributed by atoms with E-state index in [-0.39, 0.29) is 0 Å². The highest BCUT2D eigenvalue weighted by Gasteiger charge is 2.31. The molecule has 0 heteroatoms. The Labute approximate surface area is 204 Å². The van der Waals surface area contributed by atoms with E-state index in [0.29, 0.717) is 17.3 Å². The quantitative estimate of drug-likeness (QED) is 0.384. The second kappa shape index (κ2) is 16.3. The molecule has 0 N–H and O–H groups in total. The van der Waals surface area contributed by atoms with Gasteiger partial charge in [-0.25, -0.2) is 0 Å². The second-order valence-corrected chi connectivity index (χ2v) is 10.7. The Kier molecular flexibility index (Phi) is 16.8. The molecular weight excluding hydrogens is 384 g/mol. The van der Waals surface area contributed by atoms with Gasteiger partial charge in [0.05, 0.1) is 0 Å². The van der Waals surface area contributed by atoms with Crippen LogP contribution in [0.4, 0.5) is 0 Å². The van der Waals surface area contributed by atoms with Crippen LogP contribution in [-0.4, -0.2) is 0 Å². The van der Waals surface area contributed by atoms with Gasteiger partial charge in [0, 0.05) is 0 Å². The molecule has 186 valence electrons. The van der Waals surface area contributed by atoms with Gasteiger partial charge in [-0.1, -0.05) is 107 Å². The van der Waals surface area contributed by atoms with Crippen LogP contribution in [0.1, 0.15) is 136 Å². The van der Waals surface area contributed by atoms with Gasteiger partial charge in [-0.2, -0.15) is 0 Å². The monoisotopic (exact) mass is 442 g/mol. The Balaban J connectivity index is 0. The largest absolute Gasteiger partial charge is 0.103 e. The number of rotatable bonds is 6. The summed E-state index contributed by atoms with van der Waals surface area (Å²) in [6, 6.07) is 4.82. The summed E-state index contributed by atoms with van der Waals surface area (Å²) in [5.41, 5.74) is 8.03. The lowest BCUT2D eigenvalue weighted by Gasteiger charge is -2.37. The summed E-state index contributed by atoms with van der Waals surface area (Å²) in [6.07, 6.45) is 6.79. The highest BCUT2D eigenvalue weighted by atomic mass is 14.4. The summed E-state index contributed by atoms with van der Waals surface area (Å²) in [5.74, 6) is 3.08. The molecule has 1 aromatic carbocycles. The maximum atomic E-state index is 3.67. The van der Waals surface area contributed by atoms with E-state index in [1.807, 2.05) is 40.7 Å². The highest BCUT2D eigenvalue weighted by Crippen LogP contribution is 2.45. The molecule has 1 aliphatic rings. The third-order valence-corrected chi connectivity index (χ3v) is 6.50. The Morgan fingerprint density at radius 1 is 1.06 bits per heavy atom. The van der Waals surface area contributed by atoms with E-state index >= 15 is 0 Å². The van der Waals surface area contributed by atoms with Gasteiger partial charge < -0.3 is 0 Å². The van der Waals surface area contributed by atoms with Gasteiger partial charge in [0.1, 0.15) is 0 Å². The maximum absolute atomic E-state index is 3.67. The van der Waals surface area contributed by atoms with Crippen LogP contribution < -0.4 is 0 Å². The van der Waals surface area contributed by atoms with Crippen LogP contribution in [0, 0.1) is 24.2 Å². The van der Waals surface area contributed by atoms with Crippen LogP contribution in [-0.2, 0) is 6.42 Å². The van der Waals surface area contributed by atoms with Crippen molar-refractivity contribution in [2.75, 3.05) is 0 Å². The van der Waals surface area contributed by atoms with Gasteiger partial charge in [0.15, 0.2) is 0 Å². The zero-order valence-corrected chi connectivity index (χ0v) is 24.3. The van der Waals surface area contributed by atoms with Crippen LogP contribution in [0.2, 0.25) is 0 Å². The van der Waals surface area contributed by atoms with Gasteiger partial charge in [-0.3, -0.25) is 0 Å². The van der Waals surface area contributed by atoms with E-state index in [2.05, 4.69) is 80.7 Å². The van der Waals surface area contributed by atoms with Gasteiger partial charge >= 0.3 is 0 Å². The van der Waals surface area contributed by atoms with Crippen LogP contribution in [0.3, 0.4) is 0 Å². The summed E-state index contributed by atoms with van der Waals surface area (Å²) in [7, 11) is 0. The van der Waals surface area contributed by atoms with E-state index in [1.54, 1.807) is 16.7 Å². The topological polar surface area (TPSA) is 0 Å². The molecule has 0 saturated heterocycles. The van der Waals surface area contributed by atoms with Gasteiger partial charge in [-0.15, -0.1) is 6.58 Å². The lowest BCUT2D eigenvalue weighted by Crippen LogP contribution is -2.24. The van der Waals surface area contributed by atoms with Crippen molar-refractivity contribution in [1.82, 2.24) is 0 Å². The normalized spacial score (nSPS) is 17.9. The summed E-state index contributed by atoms with van der Waals surface area (Å²) in [6.45, 7) is 36.2. The zero-order chi connectivity index (χ0) is 25.6. The molecule has 0 amide bonds. The molecule has 0 aromatic heterocycles. The molecule has 0 nitrogen and oxygen atoms in total. The average Bonchev–Trinajstić information content (AvgIpc) is 2.69. The Morgan fingerprint density at radius 3 is 1.88 bits per heavy atom. The van der Waals surface area contributed by atoms with Crippen molar-refractivity contribution in [3.05, 3.63) is 59.2 Å². The third-order valence-electron chi connectivity index (χ3n) is 6.50. The number of aryl methyl sites for hydroxylation is 1. The molecule has 1 atom stereocenters. The van der Waals surface area contributed by atoms with Crippen molar-refractivity contribution in [3.63, 3.8) is 0 Å². The van der Waals surface area contributed by atoms with Crippen molar-refractivity contribution < 1.29 is 0 Å². The van der Waals surface area contributed by atoms with Gasteiger partial charge in [0.25, 0.3) is 0 Å². The van der Waals surface area contributed by atoms with E-state index in [1.165, 1.54) is 30.4 Å². The number of allylic oxidation sites excluding steroid dienone is 2. The minimum atomic E-state index is 0.377. The smallest absolute Gasteiger partial charge is 0.0147 e. The summed E-state index contributed by atoms with van der Waals surface area (Å²) in [4.78, 5) is 0. The maximum Gasteiger partial charge on any atom is -0.0147 e. The fraction of sp³-hybridized carbons (Fsp3) is 0.688. The first-order valence-electron chi connectivity index (χ1n) is 13.3. The molecule has 2 rings (SSSR count). The lowest BCUT2D eigenvalue weighted by molar-refractivity contribution is 0.258. The van der Waals surface area contributed by atoms with Crippen LogP contribution in [0.5, 0.6) is 0 Å². The van der Waals surface area contributed by atoms with Crippen molar-refractivity contribution in [2.45, 2.75) is 128 Å². The molecule has 0 unspecified atom stereocenters. The summed E-state index contributed by atoms with van der Waals surface area (Å²) < 4.78 is 0. The first kappa shape index (κ1) is 32.9. The molecule has 0 bridgehead atoms. The minimum Gasteiger partial charge on any atom is -0.103 e. The van der Waals surface area contributed by atoms with Crippen molar-refractivity contribution in [2.24, 2.45) is 17.3 Å². The number of benzene rings is 1. The Hall–Kier alpha value is -1.30.